The predicted molar refractivity (Wildman–Crippen MR) is 165 cm³/mol. The number of ether oxygens (including phenoxy) is 4. The number of unbranched alkanes of at least 4 members (excludes halogenated alkanes) is 4. The van der Waals surface area contributed by atoms with Gasteiger partial charge in [-0.05, 0) is 59.8 Å². The van der Waals surface area contributed by atoms with E-state index in [2.05, 4.69) is 72.8 Å². The van der Waals surface area contributed by atoms with E-state index in [4.69, 9.17) is 18.9 Å². The standard InChI is InChI=1S/C32H48BrNO4/c1-7-11-17-34(18-12-8-2)28-24-29(35-5)25(22-32(28)36-6)15-16-26-21-31(38-20-14-10-4)27(33)23-30(26)37-19-13-9-3/h15-16,21-24H,7-14,17-20H2,1-6H3/b16-15+. The molecule has 0 bridgehead atoms. The lowest BCUT2D eigenvalue weighted by Crippen LogP contribution is -2.26. The molecule has 0 saturated carbocycles. The molecule has 2 rings (SSSR count). The summed E-state index contributed by atoms with van der Waals surface area (Å²) in [7, 11) is 3.47. The average Bonchev–Trinajstić information content (AvgIpc) is 2.93. The highest BCUT2D eigenvalue weighted by Crippen LogP contribution is 2.38. The Labute approximate surface area is 239 Å². The minimum absolute atomic E-state index is 0.678. The molecule has 0 heterocycles. The first-order valence-corrected chi connectivity index (χ1v) is 15.1. The van der Waals surface area contributed by atoms with Gasteiger partial charge in [0.05, 0.1) is 37.6 Å². The average molecular weight is 591 g/mol. The van der Waals surface area contributed by atoms with Crippen LogP contribution in [0.4, 0.5) is 5.69 Å². The van der Waals surface area contributed by atoms with Crippen molar-refractivity contribution in [3.63, 3.8) is 0 Å². The minimum atomic E-state index is 0.678. The van der Waals surface area contributed by atoms with Crippen molar-refractivity contribution in [2.75, 3.05) is 45.4 Å². The van der Waals surface area contributed by atoms with Crippen LogP contribution in [0.25, 0.3) is 12.2 Å². The fourth-order valence-corrected chi connectivity index (χ4v) is 4.52. The number of nitrogens with zero attached hydrogens (tertiary/aromatic N) is 1. The molecule has 38 heavy (non-hydrogen) atoms. The Hall–Kier alpha value is -2.34. The van der Waals surface area contributed by atoms with Gasteiger partial charge in [-0.15, -0.1) is 0 Å². The van der Waals surface area contributed by atoms with E-state index in [-0.39, 0.29) is 0 Å². The normalized spacial score (nSPS) is 11.1. The third-order valence-corrected chi connectivity index (χ3v) is 7.07. The summed E-state index contributed by atoms with van der Waals surface area (Å²) in [6, 6.07) is 8.25. The summed E-state index contributed by atoms with van der Waals surface area (Å²) in [5, 5.41) is 0. The third kappa shape index (κ3) is 9.76. The molecule has 0 saturated heterocycles. The van der Waals surface area contributed by atoms with Gasteiger partial charge in [0, 0.05) is 30.3 Å². The maximum absolute atomic E-state index is 6.16. The van der Waals surface area contributed by atoms with Gasteiger partial charge in [-0.3, -0.25) is 0 Å². The summed E-state index contributed by atoms with van der Waals surface area (Å²) >= 11 is 3.67. The van der Waals surface area contributed by atoms with Crippen LogP contribution >= 0.6 is 15.9 Å². The van der Waals surface area contributed by atoms with E-state index in [1.165, 1.54) is 0 Å². The molecule has 0 unspecified atom stereocenters. The van der Waals surface area contributed by atoms with Gasteiger partial charge in [0.2, 0.25) is 0 Å². The van der Waals surface area contributed by atoms with Crippen molar-refractivity contribution in [2.24, 2.45) is 0 Å². The number of hydrogen-bond acceptors (Lipinski definition) is 5. The third-order valence-electron chi connectivity index (χ3n) is 6.45. The molecule has 0 radical (unpaired) electrons. The summed E-state index contributed by atoms with van der Waals surface area (Å²) in [6.07, 6.45) is 12.9. The van der Waals surface area contributed by atoms with Gasteiger partial charge < -0.3 is 23.8 Å². The molecule has 5 nitrogen and oxygen atoms in total. The van der Waals surface area contributed by atoms with E-state index in [0.717, 1.165) is 109 Å². The molecule has 0 fully saturated rings. The second-order valence-corrected chi connectivity index (χ2v) is 10.4. The molecule has 0 aliphatic carbocycles. The van der Waals surface area contributed by atoms with Crippen LogP contribution in [0.1, 0.15) is 90.2 Å². The predicted octanol–water partition coefficient (Wildman–Crippen LogP) is 9.40. The molecule has 2 aromatic carbocycles. The summed E-state index contributed by atoms with van der Waals surface area (Å²) in [5.41, 5.74) is 3.01. The Morgan fingerprint density at radius 1 is 0.632 bits per heavy atom. The highest BCUT2D eigenvalue weighted by atomic mass is 79.9. The lowest BCUT2D eigenvalue weighted by molar-refractivity contribution is 0.299. The Morgan fingerprint density at radius 2 is 1.13 bits per heavy atom. The number of anilines is 1. The van der Waals surface area contributed by atoms with Crippen molar-refractivity contribution >= 4 is 33.8 Å². The minimum Gasteiger partial charge on any atom is -0.496 e. The molecular formula is C32H48BrNO4. The molecule has 6 heteroatoms. The Morgan fingerprint density at radius 3 is 1.66 bits per heavy atom. The molecule has 0 atom stereocenters. The first-order valence-electron chi connectivity index (χ1n) is 14.3. The zero-order valence-corrected chi connectivity index (χ0v) is 26.0. The lowest BCUT2D eigenvalue weighted by atomic mass is 10.1. The van der Waals surface area contributed by atoms with E-state index in [1.54, 1.807) is 14.2 Å². The van der Waals surface area contributed by atoms with Gasteiger partial charge >= 0.3 is 0 Å². The Bertz CT molecular complexity index is 984. The SMILES string of the molecule is CCCCOc1cc(/C=C/c2cc(OC)c(N(CCCC)CCCC)cc2OC)c(OCCCC)cc1Br. The van der Waals surface area contributed by atoms with Crippen molar-refractivity contribution in [1.82, 2.24) is 0 Å². The van der Waals surface area contributed by atoms with Gasteiger partial charge in [-0.1, -0.05) is 65.5 Å². The highest BCUT2D eigenvalue weighted by molar-refractivity contribution is 9.10. The number of methoxy groups -OCH3 is 2. The molecule has 0 spiro atoms. The zero-order chi connectivity index (χ0) is 27.8. The molecule has 0 amide bonds. The summed E-state index contributed by atoms with van der Waals surface area (Å²) in [4.78, 5) is 2.43. The number of rotatable bonds is 19. The first-order chi connectivity index (χ1) is 18.5. The van der Waals surface area contributed by atoms with Gasteiger partial charge in [-0.25, -0.2) is 0 Å². The first kappa shape index (κ1) is 31.9. The molecule has 212 valence electrons. The van der Waals surface area contributed by atoms with Crippen molar-refractivity contribution in [3.05, 3.63) is 39.9 Å². The maximum Gasteiger partial charge on any atom is 0.143 e. The second kappa shape index (κ2) is 18.0. The molecule has 0 N–H and O–H groups in total. The molecule has 0 aromatic heterocycles. The smallest absolute Gasteiger partial charge is 0.143 e. The quantitative estimate of drug-likeness (QED) is 0.120. The Kier molecular flexibility index (Phi) is 15.1. The molecule has 2 aromatic rings. The second-order valence-electron chi connectivity index (χ2n) is 9.52. The lowest BCUT2D eigenvalue weighted by Gasteiger charge is -2.27. The van der Waals surface area contributed by atoms with Gasteiger partial charge in [-0.2, -0.15) is 0 Å². The van der Waals surface area contributed by atoms with Crippen LogP contribution in [0.5, 0.6) is 23.0 Å². The van der Waals surface area contributed by atoms with Crippen molar-refractivity contribution in [2.45, 2.75) is 79.1 Å². The fraction of sp³-hybridized carbons (Fsp3) is 0.562. The van der Waals surface area contributed by atoms with Crippen LogP contribution < -0.4 is 23.8 Å². The highest BCUT2D eigenvalue weighted by Gasteiger charge is 2.16. The molecular weight excluding hydrogens is 542 g/mol. The monoisotopic (exact) mass is 589 g/mol. The van der Waals surface area contributed by atoms with E-state index in [0.29, 0.717) is 13.2 Å². The van der Waals surface area contributed by atoms with Crippen LogP contribution in [0.15, 0.2) is 28.7 Å². The van der Waals surface area contributed by atoms with Gasteiger partial charge in [0.1, 0.15) is 23.0 Å². The van der Waals surface area contributed by atoms with Gasteiger partial charge in [0.25, 0.3) is 0 Å². The van der Waals surface area contributed by atoms with Crippen LogP contribution in [-0.2, 0) is 0 Å². The van der Waals surface area contributed by atoms with E-state index < -0.39 is 0 Å². The largest absolute Gasteiger partial charge is 0.496 e. The van der Waals surface area contributed by atoms with Crippen LogP contribution in [0, 0.1) is 0 Å². The fourth-order valence-electron chi connectivity index (χ4n) is 4.08. The summed E-state index contributed by atoms with van der Waals surface area (Å²) in [5.74, 6) is 3.33. The van der Waals surface area contributed by atoms with Crippen molar-refractivity contribution < 1.29 is 18.9 Å². The number of benzene rings is 2. The van der Waals surface area contributed by atoms with Gasteiger partial charge in [0.15, 0.2) is 0 Å². The van der Waals surface area contributed by atoms with Crippen molar-refractivity contribution in [1.29, 1.82) is 0 Å². The topological polar surface area (TPSA) is 40.2 Å². The summed E-state index contributed by atoms with van der Waals surface area (Å²) in [6.45, 7) is 12.2. The maximum atomic E-state index is 6.16. The number of halogens is 1. The van der Waals surface area contributed by atoms with Crippen LogP contribution in [0.2, 0.25) is 0 Å². The molecule has 0 aliphatic rings. The van der Waals surface area contributed by atoms with E-state index in [1.807, 2.05) is 12.1 Å². The number of hydrogen-bond donors (Lipinski definition) is 0. The molecule has 0 aliphatic heterocycles. The van der Waals surface area contributed by atoms with Crippen molar-refractivity contribution in [3.8, 4) is 23.0 Å². The van der Waals surface area contributed by atoms with Crippen LogP contribution in [0.3, 0.4) is 0 Å². The Balaban J connectivity index is 2.46. The summed E-state index contributed by atoms with van der Waals surface area (Å²) < 4.78 is 24.8. The van der Waals surface area contributed by atoms with E-state index in [9.17, 15) is 0 Å². The van der Waals surface area contributed by atoms with E-state index >= 15 is 0 Å². The zero-order valence-electron chi connectivity index (χ0n) is 24.4. The van der Waals surface area contributed by atoms with Crippen LogP contribution in [-0.4, -0.2) is 40.5 Å².